The maximum absolute atomic E-state index is 12.7. The standard InChI is InChI=1S/C24H32N4O2/c1-19-16-28(12-13-30-19)23-10-9-21(14-25-23)15-26-24(29)22-8-5-11-27(18-22)17-20-6-3-2-4-7-20/h2-4,6-7,9-10,14,19,22H,5,8,11-13,15-18H2,1H3,(H,26,29). The highest BCUT2D eigenvalue weighted by molar-refractivity contribution is 5.79. The van der Waals surface area contributed by atoms with Crippen LogP contribution in [0.4, 0.5) is 5.82 Å². The smallest absolute Gasteiger partial charge is 0.224 e. The summed E-state index contributed by atoms with van der Waals surface area (Å²) >= 11 is 0. The van der Waals surface area contributed by atoms with Gasteiger partial charge in [0, 0.05) is 38.9 Å². The minimum Gasteiger partial charge on any atom is -0.375 e. The van der Waals surface area contributed by atoms with Crippen molar-refractivity contribution in [3.8, 4) is 0 Å². The van der Waals surface area contributed by atoms with Gasteiger partial charge in [0.2, 0.25) is 5.91 Å². The van der Waals surface area contributed by atoms with Gasteiger partial charge in [-0.25, -0.2) is 4.98 Å². The van der Waals surface area contributed by atoms with Crippen LogP contribution in [0, 0.1) is 5.92 Å². The van der Waals surface area contributed by atoms with Crippen molar-refractivity contribution in [3.05, 3.63) is 59.8 Å². The topological polar surface area (TPSA) is 57.7 Å². The molecule has 1 N–H and O–H groups in total. The Morgan fingerprint density at radius 1 is 1.13 bits per heavy atom. The lowest BCUT2D eigenvalue weighted by atomic mass is 9.96. The summed E-state index contributed by atoms with van der Waals surface area (Å²) in [6, 6.07) is 14.6. The Morgan fingerprint density at radius 3 is 2.77 bits per heavy atom. The van der Waals surface area contributed by atoms with Crippen molar-refractivity contribution in [3.63, 3.8) is 0 Å². The van der Waals surface area contributed by atoms with E-state index in [1.54, 1.807) is 0 Å². The fraction of sp³-hybridized carbons (Fsp3) is 0.500. The van der Waals surface area contributed by atoms with Crippen molar-refractivity contribution < 1.29 is 9.53 Å². The Hall–Kier alpha value is -2.44. The molecule has 2 aromatic rings. The van der Waals surface area contributed by atoms with Crippen molar-refractivity contribution >= 4 is 11.7 Å². The number of rotatable bonds is 6. The average molecular weight is 409 g/mol. The molecule has 0 radical (unpaired) electrons. The van der Waals surface area contributed by atoms with Gasteiger partial charge in [0.05, 0.1) is 18.6 Å². The lowest BCUT2D eigenvalue weighted by molar-refractivity contribution is -0.126. The van der Waals surface area contributed by atoms with E-state index in [2.05, 4.69) is 57.4 Å². The van der Waals surface area contributed by atoms with Crippen molar-refractivity contribution in [1.82, 2.24) is 15.2 Å². The van der Waals surface area contributed by atoms with Gasteiger partial charge in [-0.3, -0.25) is 9.69 Å². The predicted octanol–water partition coefficient (Wildman–Crippen LogP) is 2.84. The van der Waals surface area contributed by atoms with E-state index in [9.17, 15) is 4.79 Å². The van der Waals surface area contributed by atoms with Gasteiger partial charge in [-0.2, -0.15) is 0 Å². The second-order valence-electron chi connectivity index (χ2n) is 8.43. The average Bonchev–Trinajstić information content (AvgIpc) is 2.79. The number of anilines is 1. The number of likely N-dealkylation sites (tertiary alicyclic amines) is 1. The van der Waals surface area contributed by atoms with Crippen molar-refractivity contribution in [2.45, 2.75) is 39.0 Å². The second kappa shape index (κ2) is 10.0. The number of amides is 1. The molecule has 2 saturated heterocycles. The second-order valence-corrected chi connectivity index (χ2v) is 8.43. The number of aromatic nitrogens is 1. The Labute approximate surface area is 179 Å². The molecule has 2 unspecified atom stereocenters. The van der Waals surface area contributed by atoms with Gasteiger partial charge in [-0.1, -0.05) is 36.4 Å². The van der Waals surface area contributed by atoms with Gasteiger partial charge in [0.1, 0.15) is 5.82 Å². The highest BCUT2D eigenvalue weighted by Crippen LogP contribution is 2.19. The molecule has 3 heterocycles. The first-order chi connectivity index (χ1) is 14.7. The lowest BCUT2D eigenvalue weighted by Gasteiger charge is -2.32. The molecule has 6 nitrogen and oxygen atoms in total. The summed E-state index contributed by atoms with van der Waals surface area (Å²) in [7, 11) is 0. The predicted molar refractivity (Wildman–Crippen MR) is 118 cm³/mol. The summed E-state index contributed by atoms with van der Waals surface area (Å²) in [6.45, 7) is 7.89. The van der Waals surface area contributed by atoms with Crippen LogP contribution in [0.15, 0.2) is 48.7 Å². The summed E-state index contributed by atoms with van der Waals surface area (Å²) < 4.78 is 5.60. The lowest BCUT2D eigenvalue weighted by Crippen LogP contribution is -2.42. The number of ether oxygens (including phenoxy) is 1. The van der Waals surface area contributed by atoms with Gasteiger partial charge in [0.15, 0.2) is 0 Å². The van der Waals surface area contributed by atoms with Crippen LogP contribution < -0.4 is 10.2 Å². The number of hydrogen-bond acceptors (Lipinski definition) is 5. The number of piperidine rings is 1. The zero-order valence-corrected chi connectivity index (χ0v) is 17.8. The van der Waals surface area contributed by atoms with Gasteiger partial charge in [-0.05, 0) is 43.5 Å². The number of pyridine rings is 1. The molecule has 2 aliphatic rings. The molecular formula is C24H32N4O2. The van der Waals surface area contributed by atoms with E-state index >= 15 is 0 Å². The molecule has 30 heavy (non-hydrogen) atoms. The van der Waals surface area contributed by atoms with E-state index in [-0.39, 0.29) is 17.9 Å². The fourth-order valence-corrected chi connectivity index (χ4v) is 4.32. The number of nitrogens with one attached hydrogen (secondary N) is 1. The highest BCUT2D eigenvalue weighted by atomic mass is 16.5. The summed E-state index contributed by atoms with van der Waals surface area (Å²) in [5, 5.41) is 3.12. The SMILES string of the molecule is CC1CN(c2ccc(CNC(=O)C3CCCN(Cc4ccccc4)C3)cn2)CCO1. The fourth-order valence-electron chi connectivity index (χ4n) is 4.32. The van der Waals surface area contributed by atoms with Crippen LogP contribution in [0.3, 0.4) is 0 Å². The Bertz CT molecular complexity index is 812. The molecule has 160 valence electrons. The number of carbonyl (C=O) groups excluding carboxylic acids is 1. The van der Waals surface area contributed by atoms with Crippen LogP contribution in [-0.2, 0) is 22.6 Å². The molecular weight excluding hydrogens is 376 g/mol. The molecule has 0 aliphatic carbocycles. The van der Waals surface area contributed by atoms with Crippen LogP contribution in [0.5, 0.6) is 0 Å². The summed E-state index contributed by atoms with van der Waals surface area (Å²) in [4.78, 5) is 22.0. The summed E-state index contributed by atoms with van der Waals surface area (Å²) in [6.07, 6.45) is 4.14. The third-order valence-electron chi connectivity index (χ3n) is 5.97. The van der Waals surface area contributed by atoms with Crippen LogP contribution in [0.2, 0.25) is 0 Å². The normalized spacial score (nSPS) is 22.6. The van der Waals surface area contributed by atoms with E-state index in [1.807, 2.05) is 18.3 Å². The molecule has 0 bridgehead atoms. The van der Waals surface area contributed by atoms with E-state index < -0.39 is 0 Å². The van der Waals surface area contributed by atoms with Crippen LogP contribution >= 0.6 is 0 Å². The third kappa shape index (κ3) is 5.58. The summed E-state index contributed by atoms with van der Waals surface area (Å²) in [5.41, 5.74) is 2.34. The quantitative estimate of drug-likeness (QED) is 0.797. The first kappa shape index (κ1) is 20.8. The van der Waals surface area contributed by atoms with E-state index in [0.717, 1.165) is 63.6 Å². The van der Waals surface area contributed by atoms with Crippen molar-refractivity contribution in [2.24, 2.45) is 5.92 Å². The maximum Gasteiger partial charge on any atom is 0.224 e. The maximum atomic E-state index is 12.7. The number of carbonyl (C=O) groups is 1. The van der Waals surface area contributed by atoms with Crippen molar-refractivity contribution in [1.29, 1.82) is 0 Å². The zero-order valence-electron chi connectivity index (χ0n) is 17.8. The highest BCUT2D eigenvalue weighted by Gasteiger charge is 2.25. The molecule has 0 spiro atoms. The summed E-state index contributed by atoms with van der Waals surface area (Å²) in [5.74, 6) is 1.19. The third-order valence-corrected chi connectivity index (χ3v) is 5.97. The monoisotopic (exact) mass is 408 g/mol. The zero-order chi connectivity index (χ0) is 20.8. The molecule has 0 saturated carbocycles. The molecule has 1 amide bonds. The number of benzene rings is 1. The molecule has 2 atom stereocenters. The number of hydrogen-bond donors (Lipinski definition) is 1. The first-order valence-electron chi connectivity index (χ1n) is 11.0. The molecule has 2 fully saturated rings. The molecule has 1 aromatic carbocycles. The minimum absolute atomic E-state index is 0.0598. The number of morpholine rings is 1. The Kier molecular flexibility index (Phi) is 6.97. The van der Waals surface area contributed by atoms with Crippen LogP contribution in [-0.4, -0.2) is 54.7 Å². The molecule has 4 rings (SSSR count). The van der Waals surface area contributed by atoms with Gasteiger partial charge >= 0.3 is 0 Å². The largest absolute Gasteiger partial charge is 0.375 e. The first-order valence-corrected chi connectivity index (χ1v) is 11.0. The van der Waals surface area contributed by atoms with Gasteiger partial charge in [-0.15, -0.1) is 0 Å². The van der Waals surface area contributed by atoms with Crippen LogP contribution in [0.1, 0.15) is 30.9 Å². The van der Waals surface area contributed by atoms with E-state index in [1.165, 1.54) is 5.56 Å². The van der Waals surface area contributed by atoms with E-state index in [0.29, 0.717) is 6.54 Å². The minimum atomic E-state index is 0.0598. The van der Waals surface area contributed by atoms with Crippen molar-refractivity contribution in [2.75, 3.05) is 37.7 Å². The van der Waals surface area contributed by atoms with Crippen LogP contribution in [0.25, 0.3) is 0 Å². The Morgan fingerprint density at radius 2 is 2.00 bits per heavy atom. The van der Waals surface area contributed by atoms with Gasteiger partial charge in [0.25, 0.3) is 0 Å². The Balaban J connectivity index is 1.25. The molecule has 6 heteroatoms. The molecule has 2 aliphatic heterocycles. The molecule has 1 aromatic heterocycles. The van der Waals surface area contributed by atoms with E-state index in [4.69, 9.17) is 4.74 Å². The van der Waals surface area contributed by atoms with Gasteiger partial charge < -0.3 is 15.0 Å². The number of nitrogens with zero attached hydrogens (tertiary/aromatic N) is 3.